The molecule has 0 radical (unpaired) electrons. The molecule has 10 heteroatoms. The first-order valence-corrected chi connectivity index (χ1v) is 8.39. The number of halogens is 2. The Bertz CT molecular complexity index is 1010. The van der Waals surface area contributed by atoms with Gasteiger partial charge in [-0.25, -0.2) is 13.8 Å². The zero-order valence-electron chi connectivity index (χ0n) is 13.9. The number of hydrogen-bond donors (Lipinski definition) is 2. The lowest BCUT2D eigenvalue weighted by Crippen LogP contribution is -2.21. The first kappa shape index (κ1) is 17.9. The fraction of sp³-hybridized carbons (Fsp3) is 0.250. The molecular formula is C16H15F2N5O2S. The Balaban J connectivity index is 2.01. The number of carbonyl (C=O) groups is 2. The number of primary amides is 1. The van der Waals surface area contributed by atoms with Gasteiger partial charge >= 0.3 is 0 Å². The molecule has 0 atom stereocenters. The van der Waals surface area contributed by atoms with E-state index < -0.39 is 23.9 Å². The van der Waals surface area contributed by atoms with Crippen LogP contribution in [0.15, 0.2) is 18.3 Å². The summed E-state index contributed by atoms with van der Waals surface area (Å²) < 4.78 is 27.4. The molecule has 0 fully saturated rings. The second-order valence-corrected chi connectivity index (χ2v) is 6.72. The lowest BCUT2D eigenvalue weighted by Gasteiger charge is -2.08. The standard InChI is InChI=1S/C16H15F2N5O2S/c1-7-5-9(14(17)18)20-16-11(7)12(13(26-16)15(19)25)21-10(24)6-23-4-3-8(2)22-23/h3-5,14H,6H2,1-2H3,(H2,19,25)(H,21,24). The van der Waals surface area contributed by atoms with E-state index in [1.807, 2.05) is 0 Å². The number of nitrogens with two attached hydrogens (primary N) is 1. The van der Waals surface area contributed by atoms with Crippen molar-refractivity contribution in [3.63, 3.8) is 0 Å². The van der Waals surface area contributed by atoms with Crippen LogP contribution in [0.25, 0.3) is 10.2 Å². The van der Waals surface area contributed by atoms with Crippen molar-refractivity contribution >= 4 is 39.1 Å². The lowest BCUT2D eigenvalue weighted by molar-refractivity contribution is -0.116. The second kappa shape index (κ2) is 6.79. The maximum Gasteiger partial charge on any atom is 0.280 e. The van der Waals surface area contributed by atoms with Crippen LogP contribution in [0.1, 0.15) is 33.0 Å². The van der Waals surface area contributed by atoms with Crippen molar-refractivity contribution in [1.82, 2.24) is 14.8 Å². The van der Waals surface area contributed by atoms with Crippen molar-refractivity contribution < 1.29 is 18.4 Å². The highest BCUT2D eigenvalue weighted by atomic mass is 32.1. The molecule has 0 bridgehead atoms. The summed E-state index contributed by atoms with van der Waals surface area (Å²) in [7, 11) is 0. The molecule has 2 amide bonds. The molecular weight excluding hydrogens is 364 g/mol. The monoisotopic (exact) mass is 379 g/mol. The Hall–Kier alpha value is -2.88. The van der Waals surface area contributed by atoms with Crippen molar-refractivity contribution in [3.8, 4) is 0 Å². The fourth-order valence-corrected chi connectivity index (χ4v) is 3.65. The van der Waals surface area contributed by atoms with Crippen molar-refractivity contribution in [2.45, 2.75) is 26.8 Å². The van der Waals surface area contributed by atoms with Crippen LogP contribution >= 0.6 is 11.3 Å². The molecule has 0 spiro atoms. The van der Waals surface area contributed by atoms with Crippen molar-refractivity contribution in [1.29, 1.82) is 0 Å². The molecule has 3 N–H and O–H groups in total. The molecule has 0 aliphatic carbocycles. The number of hydrogen-bond acceptors (Lipinski definition) is 5. The number of alkyl halides is 2. The third-order valence-corrected chi connectivity index (χ3v) is 4.77. The van der Waals surface area contributed by atoms with Gasteiger partial charge in [0.05, 0.1) is 11.4 Å². The van der Waals surface area contributed by atoms with Gasteiger partial charge in [-0.15, -0.1) is 11.3 Å². The van der Waals surface area contributed by atoms with Crippen LogP contribution < -0.4 is 11.1 Å². The van der Waals surface area contributed by atoms with Crippen LogP contribution in [-0.2, 0) is 11.3 Å². The van der Waals surface area contributed by atoms with Crippen LogP contribution in [-0.4, -0.2) is 26.6 Å². The number of nitrogens with one attached hydrogen (secondary N) is 1. The number of rotatable bonds is 5. The SMILES string of the molecule is Cc1ccn(CC(=O)Nc2c(C(N)=O)sc3nc(C(F)F)cc(C)c23)n1. The summed E-state index contributed by atoms with van der Waals surface area (Å²) in [6.07, 6.45) is -1.09. The summed E-state index contributed by atoms with van der Waals surface area (Å²) in [5, 5.41) is 7.19. The number of carbonyl (C=O) groups excluding carboxylic acids is 2. The Labute approximate surface area is 150 Å². The summed E-state index contributed by atoms with van der Waals surface area (Å²) in [5.41, 5.74) is 6.42. The number of anilines is 1. The van der Waals surface area contributed by atoms with Crippen molar-refractivity contribution in [3.05, 3.63) is 40.2 Å². The zero-order chi connectivity index (χ0) is 19.0. The number of thiophene rings is 1. The number of nitrogens with zero attached hydrogens (tertiary/aromatic N) is 3. The highest BCUT2D eigenvalue weighted by Crippen LogP contribution is 2.38. The Morgan fingerprint density at radius 2 is 2.12 bits per heavy atom. The average Bonchev–Trinajstić information content (AvgIpc) is 3.11. The molecule has 3 rings (SSSR count). The number of fused-ring (bicyclic) bond motifs is 1. The molecule has 3 aromatic heterocycles. The fourth-order valence-electron chi connectivity index (χ4n) is 2.59. The number of amides is 2. The van der Waals surface area contributed by atoms with E-state index in [-0.39, 0.29) is 21.9 Å². The first-order chi connectivity index (χ1) is 12.3. The molecule has 136 valence electrons. The number of aryl methyl sites for hydroxylation is 2. The Kier molecular flexibility index (Phi) is 4.68. The van der Waals surface area contributed by atoms with Gasteiger partial charge in [0.2, 0.25) is 5.91 Å². The summed E-state index contributed by atoms with van der Waals surface area (Å²) >= 11 is 0.874. The zero-order valence-corrected chi connectivity index (χ0v) is 14.7. The minimum atomic E-state index is -2.74. The van der Waals surface area contributed by atoms with Crippen molar-refractivity contribution in [2.24, 2.45) is 5.73 Å². The van der Waals surface area contributed by atoms with Crippen LogP contribution in [0.4, 0.5) is 14.5 Å². The van der Waals surface area contributed by atoms with Gasteiger partial charge in [0.15, 0.2) is 0 Å². The maximum atomic E-state index is 13.0. The predicted octanol–water partition coefficient (Wildman–Crippen LogP) is 2.78. The van der Waals surface area contributed by atoms with E-state index >= 15 is 0 Å². The molecule has 3 aromatic rings. The number of aromatic nitrogens is 3. The molecule has 0 aliphatic heterocycles. The van der Waals surface area contributed by atoms with Gasteiger partial charge in [-0.05, 0) is 31.5 Å². The average molecular weight is 379 g/mol. The van der Waals surface area contributed by atoms with E-state index in [2.05, 4.69) is 15.4 Å². The van der Waals surface area contributed by atoms with Gasteiger partial charge in [-0.2, -0.15) is 5.10 Å². The molecule has 0 aromatic carbocycles. The minimum Gasteiger partial charge on any atom is -0.365 e. The molecule has 0 unspecified atom stereocenters. The largest absolute Gasteiger partial charge is 0.365 e. The van der Waals surface area contributed by atoms with Crippen LogP contribution in [0.2, 0.25) is 0 Å². The van der Waals surface area contributed by atoms with Gasteiger partial charge in [-0.1, -0.05) is 0 Å². The topological polar surface area (TPSA) is 103 Å². The normalized spacial score (nSPS) is 11.3. The summed E-state index contributed by atoms with van der Waals surface area (Å²) in [5.74, 6) is -1.19. The van der Waals surface area contributed by atoms with Gasteiger partial charge in [0.25, 0.3) is 12.3 Å². The van der Waals surface area contributed by atoms with Gasteiger partial charge in [0, 0.05) is 11.6 Å². The van der Waals surface area contributed by atoms with Crippen molar-refractivity contribution in [2.75, 3.05) is 5.32 Å². The molecule has 3 heterocycles. The quantitative estimate of drug-likeness (QED) is 0.711. The van der Waals surface area contributed by atoms with Crippen LogP contribution in [0.5, 0.6) is 0 Å². The summed E-state index contributed by atoms with van der Waals surface area (Å²) in [4.78, 5) is 28.3. The first-order valence-electron chi connectivity index (χ1n) is 7.58. The van der Waals surface area contributed by atoms with Crippen LogP contribution in [0, 0.1) is 13.8 Å². The molecule has 26 heavy (non-hydrogen) atoms. The molecule has 7 nitrogen and oxygen atoms in total. The predicted molar refractivity (Wildman–Crippen MR) is 93.4 cm³/mol. The lowest BCUT2D eigenvalue weighted by atomic mass is 10.1. The molecule has 0 saturated heterocycles. The summed E-state index contributed by atoms with van der Waals surface area (Å²) in [6.45, 7) is 3.34. The Morgan fingerprint density at radius 3 is 2.69 bits per heavy atom. The van der Waals surface area contributed by atoms with E-state index in [9.17, 15) is 18.4 Å². The highest BCUT2D eigenvalue weighted by Gasteiger charge is 2.23. The van der Waals surface area contributed by atoms with Crippen LogP contribution in [0.3, 0.4) is 0 Å². The molecule has 0 aliphatic rings. The Morgan fingerprint density at radius 1 is 1.38 bits per heavy atom. The molecule has 0 saturated carbocycles. The maximum absolute atomic E-state index is 13.0. The van der Waals surface area contributed by atoms with Gasteiger partial charge < -0.3 is 11.1 Å². The second-order valence-electron chi connectivity index (χ2n) is 5.72. The number of pyridine rings is 1. The summed E-state index contributed by atoms with van der Waals surface area (Å²) in [6, 6.07) is 2.99. The van der Waals surface area contributed by atoms with E-state index in [0.717, 1.165) is 17.0 Å². The van der Waals surface area contributed by atoms with Gasteiger partial charge in [-0.3, -0.25) is 14.3 Å². The third-order valence-electron chi connectivity index (χ3n) is 3.67. The smallest absolute Gasteiger partial charge is 0.280 e. The van der Waals surface area contributed by atoms with Gasteiger partial charge in [0.1, 0.15) is 21.9 Å². The van der Waals surface area contributed by atoms with E-state index in [0.29, 0.717) is 10.9 Å². The highest BCUT2D eigenvalue weighted by molar-refractivity contribution is 7.21. The van der Waals surface area contributed by atoms with E-state index in [4.69, 9.17) is 5.73 Å². The minimum absolute atomic E-state index is 0.0620. The van der Waals surface area contributed by atoms with E-state index in [1.54, 1.807) is 26.1 Å². The van der Waals surface area contributed by atoms with E-state index in [1.165, 1.54) is 10.7 Å². The third kappa shape index (κ3) is 3.40.